The zero-order chi connectivity index (χ0) is 28.9. The number of anilines is 1. The molecule has 5 rings (SSSR count). The van der Waals surface area contributed by atoms with E-state index in [9.17, 15) is 9.90 Å². The van der Waals surface area contributed by atoms with Crippen LogP contribution < -0.4 is 23.8 Å². The normalized spacial score (nSPS) is 14.8. The number of hydrogen-bond donors (Lipinski definition) is 1. The smallest absolute Gasteiger partial charge is 0.336 e. The van der Waals surface area contributed by atoms with Gasteiger partial charge in [0.05, 0.1) is 54.3 Å². The van der Waals surface area contributed by atoms with E-state index in [1.165, 1.54) is 0 Å². The molecule has 2 aromatic heterocycles. The molecule has 1 N–H and O–H groups in total. The summed E-state index contributed by atoms with van der Waals surface area (Å²) in [6.45, 7) is 1.05. The van der Waals surface area contributed by atoms with Crippen LogP contribution in [0.2, 0.25) is 0 Å². The van der Waals surface area contributed by atoms with Gasteiger partial charge in [-0.2, -0.15) is 4.98 Å². The molecule has 0 saturated heterocycles. The van der Waals surface area contributed by atoms with Crippen LogP contribution in [-0.4, -0.2) is 62.2 Å². The van der Waals surface area contributed by atoms with Crippen LogP contribution in [0.1, 0.15) is 23.1 Å². The molecule has 11 nitrogen and oxygen atoms in total. The number of carboxylic acid groups (broad SMARTS) is 1. The zero-order valence-electron chi connectivity index (χ0n) is 23.2. The topological polar surface area (TPSA) is 126 Å². The quantitative estimate of drug-likeness (QED) is 0.273. The third-order valence-electron chi connectivity index (χ3n) is 6.88. The Morgan fingerprint density at radius 1 is 0.951 bits per heavy atom. The molecule has 11 heteroatoms. The van der Waals surface area contributed by atoms with Gasteiger partial charge in [-0.05, 0) is 42.3 Å². The van der Waals surface area contributed by atoms with Crippen molar-refractivity contribution >= 4 is 28.7 Å². The first kappa shape index (κ1) is 27.8. The molecule has 0 radical (unpaired) electrons. The number of carboxylic acids is 1. The van der Waals surface area contributed by atoms with Crippen LogP contribution in [0.25, 0.3) is 16.7 Å². The van der Waals surface area contributed by atoms with Crippen LogP contribution >= 0.6 is 0 Å². The maximum Gasteiger partial charge on any atom is 0.336 e. The lowest BCUT2D eigenvalue weighted by Crippen LogP contribution is -2.25. The summed E-state index contributed by atoms with van der Waals surface area (Å²) in [5.41, 5.74) is 4.30. The largest absolute Gasteiger partial charge is 0.497 e. The predicted octanol–water partition coefficient (Wildman–Crippen LogP) is 4.72. The molecule has 2 aromatic carbocycles. The fraction of sp³-hybridized carbons (Fsp3) is 0.300. The zero-order valence-corrected chi connectivity index (χ0v) is 23.2. The lowest BCUT2D eigenvalue weighted by molar-refractivity contribution is -0.147. The molecule has 1 atom stereocenters. The van der Waals surface area contributed by atoms with E-state index in [2.05, 4.69) is 4.98 Å². The summed E-state index contributed by atoms with van der Waals surface area (Å²) in [7, 11) is 6.43. The second-order valence-electron chi connectivity index (χ2n) is 9.31. The summed E-state index contributed by atoms with van der Waals surface area (Å²) in [4.78, 5) is 22.7. The predicted molar refractivity (Wildman–Crippen MR) is 151 cm³/mol. The molecule has 0 spiro atoms. The van der Waals surface area contributed by atoms with Crippen LogP contribution in [0, 0.1) is 0 Å². The summed E-state index contributed by atoms with van der Waals surface area (Å²) >= 11 is 0. The molecule has 0 fully saturated rings. The van der Waals surface area contributed by atoms with E-state index in [1.54, 1.807) is 46.9 Å². The molecular formula is C30H31N3O8. The molecule has 0 aliphatic carbocycles. The maximum absolute atomic E-state index is 11.6. The van der Waals surface area contributed by atoms with Crippen molar-refractivity contribution in [2.45, 2.75) is 25.6 Å². The number of carbonyl (C=O) groups is 1. The number of aliphatic carboxylic acids is 1. The average molecular weight is 562 g/mol. The van der Waals surface area contributed by atoms with Crippen molar-refractivity contribution in [2.24, 2.45) is 0 Å². The molecule has 0 saturated carbocycles. The Balaban J connectivity index is 1.58. The van der Waals surface area contributed by atoms with Crippen LogP contribution in [0.3, 0.4) is 0 Å². The summed E-state index contributed by atoms with van der Waals surface area (Å²) in [6.07, 6.45) is 4.37. The minimum Gasteiger partial charge on any atom is -0.497 e. The Bertz CT molecular complexity index is 1520. The number of pyridine rings is 1. The second kappa shape index (κ2) is 12.2. The summed E-state index contributed by atoms with van der Waals surface area (Å²) < 4.78 is 33.8. The molecule has 0 amide bonds. The summed E-state index contributed by atoms with van der Waals surface area (Å²) in [6, 6.07) is 11.6. The maximum atomic E-state index is 11.6. The monoisotopic (exact) mass is 561 g/mol. The Kier molecular flexibility index (Phi) is 8.25. The highest BCUT2D eigenvalue weighted by atomic mass is 16.5. The number of nitrogens with zero attached hydrogens (tertiary/aromatic N) is 3. The van der Waals surface area contributed by atoms with Crippen molar-refractivity contribution in [3.05, 3.63) is 71.6 Å². The van der Waals surface area contributed by atoms with E-state index in [0.717, 1.165) is 16.7 Å². The van der Waals surface area contributed by atoms with Crippen LogP contribution in [-0.2, 0) is 22.6 Å². The van der Waals surface area contributed by atoms with Crippen LogP contribution in [0.5, 0.6) is 23.0 Å². The molecule has 3 heterocycles. The van der Waals surface area contributed by atoms with Crippen molar-refractivity contribution in [3.63, 3.8) is 0 Å². The van der Waals surface area contributed by atoms with Gasteiger partial charge in [-0.15, -0.1) is 0 Å². The van der Waals surface area contributed by atoms with Gasteiger partial charge >= 0.3 is 5.97 Å². The summed E-state index contributed by atoms with van der Waals surface area (Å²) in [5, 5.41) is 9.46. The highest BCUT2D eigenvalue weighted by Crippen LogP contribution is 2.35. The molecular weight excluding hydrogens is 530 g/mol. The van der Waals surface area contributed by atoms with Gasteiger partial charge in [0.2, 0.25) is 0 Å². The third-order valence-corrected chi connectivity index (χ3v) is 6.88. The number of ether oxygens (including phenoxy) is 5. The lowest BCUT2D eigenvalue weighted by atomic mass is 10.0. The average Bonchev–Trinajstić information content (AvgIpc) is 3.45. The number of rotatable bonds is 11. The molecule has 0 bridgehead atoms. The molecule has 1 aliphatic rings. The van der Waals surface area contributed by atoms with Gasteiger partial charge in [0.15, 0.2) is 11.7 Å². The molecule has 214 valence electrons. The number of benzene rings is 2. The fourth-order valence-electron chi connectivity index (χ4n) is 4.75. The Labute approximate surface area is 236 Å². The molecule has 4 aromatic rings. The van der Waals surface area contributed by atoms with E-state index in [-0.39, 0.29) is 6.61 Å². The van der Waals surface area contributed by atoms with Gasteiger partial charge in [0, 0.05) is 35.0 Å². The van der Waals surface area contributed by atoms with Gasteiger partial charge in [0.1, 0.15) is 28.5 Å². The van der Waals surface area contributed by atoms with E-state index in [4.69, 9.17) is 33.1 Å². The first-order valence-electron chi connectivity index (χ1n) is 12.9. The van der Waals surface area contributed by atoms with E-state index >= 15 is 0 Å². The molecule has 1 unspecified atom stereocenters. The third kappa shape index (κ3) is 5.90. The number of methoxy groups -OCH3 is 4. The van der Waals surface area contributed by atoms with Crippen molar-refractivity contribution in [1.29, 1.82) is 0 Å². The van der Waals surface area contributed by atoms with Gasteiger partial charge in [0.25, 0.3) is 6.01 Å². The van der Waals surface area contributed by atoms with Crippen molar-refractivity contribution < 1.29 is 38.0 Å². The van der Waals surface area contributed by atoms with Gasteiger partial charge in [-0.3, -0.25) is 4.98 Å². The number of oxazole rings is 1. The fourth-order valence-corrected chi connectivity index (χ4v) is 4.75. The first-order chi connectivity index (χ1) is 19.9. The first-order valence-corrected chi connectivity index (χ1v) is 12.9. The van der Waals surface area contributed by atoms with Gasteiger partial charge in [-0.1, -0.05) is 0 Å². The molecule has 41 heavy (non-hydrogen) atoms. The standard InChI is InChI=1S/C30H31N3O8/c1-36-21-7-5-19(25(12-21)38-3)16-33(17-20-6-8-22(37-2)13-26(20)39-4)30-32-24-15-31-14-23(28(24)41-30)18-9-10-40-27(11-18)29(34)35/h5-8,11-15,27H,9-10,16-17H2,1-4H3,(H,34,35). The van der Waals surface area contributed by atoms with E-state index < -0.39 is 12.1 Å². The summed E-state index contributed by atoms with van der Waals surface area (Å²) in [5.74, 6) is 1.61. The van der Waals surface area contributed by atoms with Crippen LogP contribution in [0.4, 0.5) is 6.01 Å². The molecule has 1 aliphatic heterocycles. The number of aromatic nitrogens is 2. The van der Waals surface area contributed by atoms with Crippen LogP contribution in [0.15, 0.2) is 59.3 Å². The lowest BCUT2D eigenvalue weighted by Gasteiger charge is -2.23. The van der Waals surface area contributed by atoms with E-state index in [0.29, 0.717) is 65.2 Å². The van der Waals surface area contributed by atoms with Gasteiger partial charge < -0.3 is 38.1 Å². The number of fused-ring (bicyclic) bond motifs is 1. The minimum atomic E-state index is -1.05. The highest BCUT2D eigenvalue weighted by molar-refractivity contribution is 5.89. The Morgan fingerprint density at radius 3 is 2.15 bits per heavy atom. The number of hydrogen-bond acceptors (Lipinski definition) is 10. The highest BCUT2D eigenvalue weighted by Gasteiger charge is 2.25. The Morgan fingerprint density at radius 2 is 1.59 bits per heavy atom. The van der Waals surface area contributed by atoms with Crippen molar-refractivity contribution in [3.8, 4) is 23.0 Å². The van der Waals surface area contributed by atoms with Gasteiger partial charge in [-0.25, -0.2) is 4.79 Å². The Hall–Kier alpha value is -4.77. The second-order valence-corrected chi connectivity index (χ2v) is 9.31. The SMILES string of the molecule is COc1ccc(CN(Cc2ccc(OC)cc2OC)c2nc3cncc(C4=CC(C(=O)O)OCC4)c3o2)c(OC)c1. The van der Waals surface area contributed by atoms with Crippen molar-refractivity contribution in [1.82, 2.24) is 9.97 Å². The van der Waals surface area contributed by atoms with Crippen molar-refractivity contribution in [2.75, 3.05) is 39.9 Å². The minimum absolute atomic E-state index is 0.279. The van der Waals surface area contributed by atoms with E-state index in [1.807, 2.05) is 41.3 Å².